The van der Waals surface area contributed by atoms with Crippen LogP contribution in [0.2, 0.25) is 0 Å². The summed E-state index contributed by atoms with van der Waals surface area (Å²) in [6.45, 7) is 1.67. The van der Waals surface area contributed by atoms with Gasteiger partial charge < -0.3 is 0 Å². The Morgan fingerprint density at radius 3 is 2.83 bits per heavy atom. The first-order chi connectivity index (χ1) is 5.66. The molecule has 0 amide bonds. The molecule has 62 valence electrons. The second kappa shape index (κ2) is 3.68. The molecular formula is C9H7BrFN. The first kappa shape index (κ1) is 9.21. The maximum absolute atomic E-state index is 13.2. The number of hydrogen-bond donors (Lipinski definition) is 0. The van der Waals surface area contributed by atoms with Gasteiger partial charge in [0.25, 0.3) is 0 Å². The molecule has 12 heavy (non-hydrogen) atoms. The van der Waals surface area contributed by atoms with Crippen LogP contribution < -0.4 is 0 Å². The highest BCUT2D eigenvalue weighted by atomic mass is 79.9. The summed E-state index contributed by atoms with van der Waals surface area (Å²) in [5.74, 6) is -0.275. The van der Waals surface area contributed by atoms with Gasteiger partial charge in [-0.15, -0.1) is 0 Å². The van der Waals surface area contributed by atoms with E-state index in [-0.39, 0.29) is 12.2 Å². The van der Waals surface area contributed by atoms with Gasteiger partial charge >= 0.3 is 0 Å². The zero-order chi connectivity index (χ0) is 9.14. The summed E-state index contributed by atoms with van der Waals surface area (Å²) in [6, 6.07) is 5.37. The van der Waals surface area contributed by atoms with Gasteiger partial charge in [0.05, 0.1) is 17.0 Å². The Morgan fingerprint density at radius 2 is 2.25 bits per heavy atom. The minimum absolute atomic E-state index is 0.260. The summed E-state index contributed by atoms with van der Waals surface area (Å²) in [7, 11) is 0. The molecule has 0 aliphatic rings. The van der Waals surface area contributed by atoms with Crippen LogP contribution in [0.4, 0.5) is 4.39 Å². The van der Waals surface area contributed by atoms with E-state index in [1.807, 2.05) is 6.07 Å². The van der Waals surface area contributed by atoms with E-state index in [2.05, 4.69) is 15.9 Å². The van der Waals surface area contributed by atoms with Gasteiger partial charge in [-0.25, -0.2) is 4.39 Å². The highest BCUT2D eigenvalue weighted by molar-refractivity contribution is 9.10. The van der Waals surface area contributed by atoms with Gasteiger partial charge in [-0.05, 0) is 40.0 Å². The summed E-state index contributed by atoms with van der Waals surface area (Å²) in [5, 5.41) is 8.42. The van der Waals surface area contributed by atoms with Crippen molar-refractivity contribution < 1.29 is 4.39 Å². The summed E-state index contributed by atoms with van der Waals surface area (Å²) in [4.78, 5) is 0. The van der Waals surface area contributed by atoms with Crippen LogP contribution in [0, 0.1) is 24.1 Å². The van der Waals surface area contributed by atoms with Gasteiger partial charge in [-0.1, -0.05) is 6.07 Å². The average molecular weight is 228 g/mol. The summed E-state index contributed by atoms with van der Waals surface area (Å²) < 4.78 is 13.6. The molecule has 1 aromatic carbocycles. The predicted molar refractivity (Wildman–Crippen MR) is 48.2 cm³/mol. The van der Waals surface area contributed by atoms with Crippen LogP contribution in [0.15, 0.2) is 16.6 Å². The number of rotatable bonds is 1. The van der Waals surface area contributed by atoms with E-state index in [0.717, 1.165) is 5.56 Å². The fourth-order valence-electron chi connectivity index (χ4n) is 0.969. The Labute approximate surface area is 79.0 Å². The lowest BCUT2D eigenvalue weighted by Crippen LogP contribution is -1.92. The zero-order valence-corrected chi connectivity index (χ0v) is 8.15. The van der Waals surface area contributed by atoms with Crippen LogP contribution in [0.3, 0.4) is 0 Å². The SMILES string of the molecule is Cc1c(CC#N)ccc(Br)c1F. The third-order valence-corrected chi connectivity index (χ3v) is 2.33. The van der Waals surface area contributed by atoms with E-state index in [9.17, 15) is 4.39 Å². The van der Waals surface area contributed by atoms with E-state index in [4.69, 9.17) is 5.26 Å². The third-order valence-electron chi connectivity index (χ3n) is 1.72. The van der Waals surface area contributed by atoms with Crippen LogP contribution in [-0.4, -0.2) is 0 Å². The van der Waals surface area contributed by atoms with Crippen molar-refractivity contribution >= 4 is 15.9 Å². The highest BCUT2D eigenvalue weighted by Crippen LogP contribution is 2.21. The molecule has 0 heterocycles. The zero-order valence-electron chi connectivity index (χ0n) is 6.56. The normalized spacial score (nSPS) is 9.50. The number of nitriles is 1. The van der Waals surface area contributed by atoms with Gasteiger partial charge in [-0.2, -0.15) is 5.26 Å². The molecule has 0 bridgehead atoms. The molecule has 0 saturated carbocycles. The van der Waals surface area contributed by atoms with Crippen LogP contribution in [-0.2, 0) is 6.42 Å². The summed E-state index contributed by atoms with van der Waals surface area (Å²) in [6.07, 6.45) is 0.260. The first-order valence-electron chi connectivity index (χ1n) is 3.47. The van der Waals surface area contributed by atoms with Gasteiger partial charge in [0.2, 0.25) is 0 Å². The number of nitrogens with zero attached hydrogens (tertiary/aromatic N) is 1. The van der Waals surface area contributed by atoms with Crippen LogP contribution in [0.25, 0.3) is 0 Å². The Kier molecular flexibility index (Phi) is 2.83. The predicted octanol–water partition coefficient (Wildman–Crippen LogP) is 2.96. The quantitative estimate of drug-likeness (QED) is 0.724. The van der Waals surface area contributed by atoms with Crippen LogP contribution in [0.1, 0.15) is 11.1 Å². The number of benzene rings is 1. The van der Waals surface area contributed by atoms with E-state index in [1.165, 1.54) is 0 Å². The smallest absolute Gasteiger partial charge is 0.140 e. The fourth-order valence-corrected chi connectivity index (χ4v) is 1.40. The van der Waals surface area contributed by atoms with Crippen molar-refractivity contribution in [1.82, 2.24) is 0 Å². The molecule has 0 unspecified atom stereocenters. The van der Waals surface area contributed by atoms with Crippen molar-refractivity contribution in [2.24, 2.45) is 0 Å². The molecule has 0 fully saturated rings. The van der Waals surface area contributed by atoms with Gasteiger partial charge in [0, 0.05) is 0 Å². The summed E-state index contributed by atoms with van der Waals surface area (Å²) in [5.41, 5.74) is 1.30. The molecule has 0 radical (unpaired) electrons. The molecule has 3 heteroatoms. The molecule has 0 aliphatic carbocycles. The lowest BCUT2D eigenvalue weighted by molar-refractivity contribution is 0.609. The van der Waals surface area contributed by atoms with Crippen LogP contribution in [0.5, 0.6) is 0 Å². The molecule has 1 nitrogen and oxygen atoms in total. The second-order valence-corrected chi connectivity index (χ2v) is 3.33. The standard InChI is InChI=1S/C9H7BrFN/c1-6-7(4-5-12)2-3-8(10)9(6)11/h2-3H,4H2,1H3. The average Bonchev–Trinajstić information content (AvgIpc) is 2.07. The van der Waals surface area contributed by atoms with Crippen molar-refractivity contribution in [3.8, 4) is 6.07 Å². The topological polar surface area (TPSA) is 23.8 Å². The number of halogens is 2. The lowest BCUT2D eigenvalue weighted by Gasteiger charge is -2.03. The first-order valence-corrected chi connectivity index (χ1v) is 4.26. The third kappa shape index (κ3) is 1.64. The fraction of sp³-hybridized carbons (Fsp3) is 0.222. The molecule has 0 atom stereocenters. The Morgan fingerprint density at radius 1 is 1.58 bits per heavy atom. The molecule has 1 rings (SSSR count). The molecule has 0 saturated heterocycles. The van der Waals surface area contributed by atoms with E-state index >= 15 is 0 Å². The minimum atomic E-state index is -0.275. The van der Waals surface area contributed by atoms with Gasteiger partial charge in [-0.3, -0.25) is 0 Å². The maximum atomic E-state index is 13.2. The van der Waals surface area contributed by atoms with Crippen molar-refractivity contribution in [3.05, 3.63) is 33.5 Å². The van der Waals surface area contributed by atoms with E-state index < -0.39 is 0 Å². The maximum Gasteiger partial charge on any atom is 0.140 e. The number of hydrogen-bond acceptors (Lipinski definition) is 1. The van der Waals surface area contributed by atoms with Gasteiger partial charge in [0.15, 0.2) is 0 Å². The van der Waals surface area contributed by atoms with E-state index in [1.54, 1.807) is 19.1 Å². The van der Waals surface area contributed by atoms with Crippen molar-refractivity contribution in [3.63, 3.8) is 0 Å². The second-order valence-electron chi connectivity index (χ2n) is 2.48. The largest absolute Gasteiger partial charge is 0.205 e. The molecule has 0 N–H and O–H groups in total. The van der Waals surface area contributed by atoms with Crippen molar-refractivity contribution in [1.29, 1.82) is 5.26 Å². The van der Waals surface area contributed by atoms with E-state index in [0.29, 0.717) is 10.0 Å². The molecule has 0 aromatic heterocycles. The molecule has 1 aromatic rings. The molecule has 0 spiro atoms. The molecular weight excluding hydrogens is 221 g/mol. The van der Waals surface area contributed by atoms with Crippen LogP contribution >= 0.6 is 15.9 Å². The molecule has 0 aliphatic heterocycles. The van der Waals surface area contributed by atoms with Gasteiger partial charge in [0.1, 0.15) is 5.82 Å². The van der Waals surface area contributed by atoms with Crippen molar-refractivity contribution in [2.45, 2.75) is 13.3 Å². The Hall–Kier alpha value is -0.880. The summed E-state index contributed by atoms with van der Waals surface area (Å²) >= 11 is 3.07. The lowest BCUT2D eigenvalue weighted by atomic mass is 10.1. The van der Waals surface area contributed by atoms with Crippen molar-refractivity contribution in [2.75, 3.05) is 0 Å². The Balaban J connectivity index is 3.19. The highest BCUT2D eigenvalue weighted by Gasteiger charge is 2.06. The Bertz CT molecular complexity index is 341. The monoisotopic (exact) mass is 227 g/mol. The minimum Gasteiger partial charge on any atom is -0.205 e.